The second-order valence-corrected chi connectivity index (χ2v) is 7.86. The Labute approximate surface area is 178 Å². The molecule has 2 N–H and O–H groups in total. The summed E-state index contributed by atoms with van der Waals surface area (Å²) in [5.74, 6) is -1.55. The number of aliphatic imine (C=N–C) groups is 1. The molecule has 0 aliphatic carbocycles. The maximum Gasteiger partial charge on any atom is 0.471 e. The van der Waals surface area contributed by atoms with Gasteiger partial charge in [0.1, 0.15) is 11.1 Å². The van der Waals surface area contributed by atoms with Crippen LogP contribution in [0.2, 0.25) is 0 Å². The second-order valence-electron chi connectivity index (χ2n) is 6.64. The number of rotatable bonds is 4. The number of halogens is 3. The standard InChI is InChI=1S/C20H15F3N4O3S/c21-20(22,23)18-26-16(27-30-18)12-6-4-11(5-7-12)9-15-14(29-19(24)28)10-13-3-1-2-8-25-17(13)31-15/h1-8,10,14-15H,9H2,(H2,24,28)/t14-,15?/m0/s1. The topological polar surface area (TPSA) is 104 Å². The minimum absolute atomic E-state index is 0.153. The van der Waals surface area contributed by atoms with Crippen LogP contribution < -0.4 is 5.73 Å². The normalized spacial score (nSPS) is 20.5. The number of ether oxygens (including phenoxy) is 1. The molecule has 1 aromatic carbocycles. The molecule has 0 radical (unpaired) electrons. The Bertz CT molecular complexity index is 1100. The molecule has 0 saturated carbocycles. The maximum atomic E-state index is 12.6. The van der Waals surface area contributed by atoms with Crippen LogP contribution in [0, 0.1) is 0 Å². The van der Waals surface area contributed by atoms with Gasteiger partial charge in [-0.1, -0.05) is 53.3 Å². The van der Waals surface area contributed by atoms with Crippen molar-refractivity contribution in [1.82, 2.24) is 10.1 Å². The lowest BCUT2D eigenvalue weighted by atomic mass is 10.0. The summed E-state index contributed by atoms with van der Waals surface area (Å²) in [5.41, 5.74) is 7.33. The van der Waals surface area contributed by atoms with Crippen molar-refractivity contribution in [2.24, 2.45) is 10.7 Å². The molecule has 2 atom stereocenters. The highest BCUT2D eigenvalue weighted by molar-refractivity contribution is 8.15. The number of alkyl halides is 3. The van der Waals surface area contributed by atoms with Crippen molar-refractivity contribution in [2.45, 2.75) is 24.0 Å². The van der Waals surface area contributed by atoms with E-state index in [0.717, 1.165) is 16.2 Å². The van der Waals surface area contributed by atoms with Gasteiger partial charge in [-0.3, -0.25) is 0 Å². The van der Waals surface area contributed by atoms with Gasteiger partial charge in [-0.15, -0.1) is 0 Å². The highest BCUT2D eigenvalue weighted by atomic mass is 32.2. The third-order valence-corrected chi connectivity index (χ3v) is 5.76. The zero-order valence-electron chi connectivity index (χ0n) is 15.7. The van der Waals surface area contributed by atoms with E-state index < -0.39 is 24.3 Å². The minimum atomic E-state index is -4.70. The number of carbonyl (C=O) groups excluding carboxylic acids is 1. The highest BCUT2D eigenvalue weighted by Gasteiger charge is 2.38. The van der Waals surface area contributed by atoms with Crippen LogP contribution in [0.25, 0.3) is 11.4 Å². The molecule has 1 aromatic heterocycles. The van der Waals surface area contributed by atoms with Gasteiger partial charge in [-0.25, -0.2) is 9.79 Å². The number of nitrogens with two attached hydrogens (primary N) is 1. The monoisotopic (exact) mass is 448 g/mol. The van der Waals surface area contributed by atoms with E-state index in [-0.39, 0.29) is 11.1 Å². The molecule has 31 heavy (non-hydrogen) atoms. The van der Waals surface area contributed by atoms with Crippen molar-refractivity contribution in [2.75, 3.05) is 0 Å². The number of aromatic nitrogens is 2. The molecule has 3 heterocycles. The first-order valence-corrected chi connectivity index (χ1v) is 9.94. The number of nitrogens with zero attached hydrogens (tertiary/aromatic N) is 3. The number of primary amides is 1. The van der Waals surface area contributed by atoms with Gasteiger partial charge in [0.05, 0.1) is 5.25 Å². The summed E-state index contributed by atoms with van der Waals surface area (Å²) in [6.07, 6.45) is 3.36. The van der Waals surface area contributed by atoms with Crippen molar-refractivity contribution in [3.05, 3.63) is 71.8 Å². The van der Waals surface area contributed by atoms with Crippen molar-refractivity contribution in [1.29, 1.82) is 0 Å². The van der Waals surface area contributed by atoms with E-state index in [9.17, 15) is 18.0 Å². The molecule has 7 nitrogen and oxygen atoms in total. The fraction of sp³-hybridized carbons (Fsp3) is 0.200. The predicted molar refractivity (Wildman–Crippen MR) is 108 cm³/mol. The van der Waals surface area contributed by atoms with Crippen LogP contribution in [0.5, 0.6) is 0 Å². The summed E-state index contributed by atoms with van der Waals surface area (Å²) in [6.45, 7) is 0. The fourth-order valence-corrected chi connectivity index (χ4v) is 4.29. The molecule has 4 rings (SSSR count). The smallest absolute Gasteiger partial charge is 0.441 e. The van der Waals surface area contributed by atoms with Crippen molar-refractivity contribution in [3.8, 4) is 11.4 Å². The van der Waals surface area contributed by atoms with Crippen LogP contribution in [0.4, 0.5) is 18.0 Å². The Morgan fingerprint density at radius 1 is 1.23 bits per heavy atom. The molecule has 11 heteroatoms. The van der Waals surface area contributed by atoms with Crippen LogP contribution in [0.15, 0.2) is 69.9 Å². The third kappa shape index (κ3) is 4.88. The van der Waals surface area contributed by atoms with E-state index in [1.54, 1.807) is 42.6 Å². The Balaban J connectivity index is 1.53. The van der Waals surface area contributed by atoms with E-state index >= 15 is 0 Å². The molecule has 1 amide bonds. The third-order valence-electron chi connectivity index (χ3n) is 4.45. The second kappa shape index (κ2) is 8.42. The average molecular weight is 448 g/mol. The minimum Gasteiger partial charge on any atom is -0.441 e. The van der Waals surface area contributed by atoms with Crippen LogP contribution in [-0.4, -0.2) is 32.6 Å². The quantitative estimate of drug-likeness (QED) is 0.749. The average Bonchev–Trinajstić information content (AvgIpc) is 3.11. The highest BCUT2D eigenvalue weighted by Crippen LogP contribution is 2.34. The molecule has 1 unspecified atom stereocenters. The number of benzene rings is 1. The molecule has 0 saturated heterocycles. The van der Waals surface area contributed by atoms with Gasteiger partial charge in [-0.2, -0.15) is 18.2 Å². The van der Waals surface area contributed by atoms with Gasteiger partial charge in [0.25, 0.3) is 0 Å². The maximum absolute atomic E-state index is 12.6. The van der Waals surface area contributed by atoms with E-state index in [0.29, 0.717) is 12.0 Å². The number of amides is 1. The summed E-state index contributed by atoms with van der Waals surface area (Å²) in [6, 6.07) is 6.70. The van der Waals surface area contributed by atoms with Gasteiger partial charge in [0.15, 0.2) is 0 Å². The summed E-state index contributed by atoms with van der Waals surface area (Å²) < 4.78 is 47.5. The van der Waals surface area contributed by atoms with Gasteiger partial charge in [0, 0.05) is 17.3 Å². The summed E-state index contributed by atoms with van der Waals surface area (Å²) >= 11 is 1.46. The number of fused-ring (bicyclic) bond motifs is 1. The Kier molecular flexibility index (Phi) is 5.68. The number of thioether (sulfide) groups is 1. The number of hydrogen-bond acceptors (Lipinski definition) is 7. The number of allylic oxidation sites excluding steroid dienone is 3. The van der Waals surface area contributed by atoms with Gasteiger partial charge < -0.3 is 15.0 Å². The van der Waals surface area contributed by atoms with E-state index in [4.69, 9.17) is 10.5 Å². The lowest BCUT2D eigenvalue weighted by Crippen LogP contribution is -2.35. The number of carbonyl (C=O) groups is 1. The van der Waals surface area contributed by atoms with Crippen molar-refractivity contribution in [3.63, 3.8) is 0 Å². The zero-order valence-corrected chi connectivity index (χ0v) is 16.6. The van der Waals surface area contributed by atoms with Crippen LogP contribution >= 0.6 is 11.8 Å². The molecule has 2 aliphatic rings. The molecule has 0 fully saturated rings. The Morgan fingerprint density at radius 3 is 2.68 bits per heavy atom. The van der Waals surface area contributed by atoms with Crippen molar-refractivity contribution >= 4 is 22.9 Å². The van der Waals surface area contributed by atoms with Crippen LogP contribution in [0.1, 0.15) is 11.5 Å². The SMILES string of the molecule is NC(=O)O[C@H]1C=C2C=CC=CN=C2SC1Cc1ccc(-c2noc(C(F)(F)F)n2)cc1. The molecular weight excluding hydrogens is 433 g/mol. The van der Waals surface area contributed by atoms with E-state index in [1.165, 1.54) is 11.8 Å². The largest absolute Gasteiger partial charge is 0.471 e. The molecular formula is C20H15F3N4O3S. The molecule has 0 bridgehead atoms. The number of hydrogen-bond donors (Lipinski definition) is 1. The van der Waals surface area contributed by atoms with E-state index in [2.05, 4.69) is 19.7 Å². The zero-order chi connectivity index (χ0) is 22.0. The van der Waals surface area contributed by atoms with Gasteiger partial charge >= 0.3 is 18.2 Å². The molecule has 2 aromatic rings. The lowest BCUT2D eigenvalue weighted by molar-refractivity contribution is -0.159. The van der Waals surface area contributed by atoms with Crippen LogP contribution in [-0.2, 0) is 17.3 Å². The molecule has 2 aliphatic heterocycles. The first-order valence-electron chi connectivity index (χ1n) is 9.06. The fourth-order valence-electron chi connectivity index (χ4n) is 3.07. The first-order chi connectivity index (χ1) is 14.8. The Morgan fingerprint density at radius 2 is 2.00 bits per heavy atom. The first kappa shape index (κ1) is 20.9. The van der Waals surface area contributed by atoms with E-state index in [1.807, 2.05) is 12.2 Å². The molecule has 0 spiro atoms. The summed E-state index contributed by atoms with van der Waals surface area (Å²) in [5, 5.41) is 3.98. The van der Waals surface area contributed by atoms with Gasteiger partial charge in [0.2, 0.25) is 5.82 Å². The summed E-state index contributed by atoms with van der Waals surface area (Å²) in [4.78, 5) is 19.2. The lowest BCUT2D eigenvalue weighted by Gasteiger charge is -2.29. The summed E-state index contributed by atoms with van der Waals surface area (Å²) in [7, 11) is 0. The molecule has 160 valence electrons. The Hall–Kier alpha value is -3.34. The predicted octanol–water partition coefficient (Wildman–Crippen LogP) is 4.29. The van der Waals surface area contributed by atoms with Gasteiger partial charge in [-0.05, 0) is 24.1 Å². The van der Waals surface area contributed by atoms with Crippen molar-refractivity contribution < 1.29 is 27.2 Å². The van der Waals surface area contributed by atoms with Crippen LogP contribution in [0.3, 0.4) is 0 Å².